The summed E-state index contributed by atoms with van der Waals surface area (Å²) in [5.41, 5.74) is 1.87. The lowest BCUT2D eigenvalue weighted by Crippen LogP contribution is -2.66. The zero-order valence-corrected chi connectivity index (χ0v) is 19.5. The Labute approximate surface area is 201 Å². The Morgan fingerprint density at radius 2 is 1.15 bits per heavy atom. The molecule has 0 bridgehead atoms. The Morgan fingerprint density at radius 3 is 1.59 bits per heavy atom. The SMILES string of the molecule is C=CCO[C@H]1[C@H](O)[C@H](O)[C@H](OCC=C)[C@@H](OCc2ccc(OC)cc2)[C@@H]1OCc1ccccc1. The van der Waals surface area contributed by atoms with E-state index in [0.717, 1.165) is 16.9 Å². The molecule has 0 radical (unpaired) electrons. The molecule has 6 atom stereocenters. The van der Waals surface area contributed by atoms with Gasteiger partial charge in [0.15, 0.2) is 0 Å². The minimum atomic E-state index is -1.24. The molecule has 2 aromatic carbocycles. The van der Waals surface area contributed by atoms with Crippen molar-refractivity contribution in [3.63, 3.8) is 0 Å². The second kappa shape index (κ2) is 13.4. The van der Waals surface area contributed by atoms with Crippen LogP contribution in [-0.2, 0) is 32.2 Å². The monoisotopic (exact) mass is 470 g/mol. The zero-order chi connectivity index (χ0) is 24.3. The maximum Gasteiger partial charge on any atom is 0.118 e. The Balaban J connectivity index is 1.86. The lowest BCUT2D eigenvalue weighted by molar-refractivity contribution is -0.266. The molecule has 0 heterocycles. The minimum absolute atomic E-state index is 0.181. The molecular formula is C27H34O7. The molecule has 1 saturated carbocycles. The fourth-order valence-corrected chi connectivity index (χ4v) is 3.96. The highest BCUT2D eigenvalue weighted by Gasteiger charge is 2.52. The first kappa shape index (κ1) is 26.1. The van der Waals surface area contributed by atoms with Gasteiger partial charge in [0.05, 0.1) is 33.5 Å². The highest BCUT2D eigenvalue weighted by atomic mass is 16.6. The van der Waals surface area contributed by atoms with Crippen molar-refractivity contribution in [3.8, 4) is 5.75 Å². The maximum absolute atomic E-state index is 10.9. The number of hydrogen-bond acceptors (Lipinski definition) is 7. The Bertz CT molecular complexity index is 870. The van der Waals surface area contributed by atoms with E-state index in [9.17, 15) is 10.2 Å². The summed E-state index contributed by atoms with van der Waals surface area (Å²) >= 11 is 0. The first-order valence-corrected chi connectivity index (χ1v) is 11.3. The largest absolute Gasteiger partial charge is 0.497 e. The van der Waals surface area contributed by atoms with E-state index < -0.39 is 36.6 Å². The van der Waals surface area contributed by atoms with E-state index in [2.05, 4.69) is 13.2 Å². The van der Waals surface area contributed by atoms with Gasteiger partial charge in [-0.3, -0.25) is 0 Å². The van der Waals surface area contributed by atoms with Gasteiger partial charge in [-0.25, -0.2) is 0 Å². The lowest BCUT2D eigenvalue weighted by Gasteiger charge is -2.46. The molecule has 0 saturated heterocycles. The Kier molecular flexibility index (Phi) is 10.3. The zero-order valence-electron chi connectivity index (χ0n) is 19.5. The van der Waals surface area contributed by atoms with Crippen molar-refractivity contribution in [1.29, 1.82) is 0 Å². The minimum Gasteiger partial charge on any atom is -0.497 e. The summed E-state index contributed by atoms with van der Waals surface area (Å²) in [5.74, 6) is 0.745. The van der Waals surface area contributed by atoms with Gasteiger partial charge in [0.2, 0.25) is 0 Å². The molecule has 2 N–H and O–H groups in total. The van der Waals surface area contributed by atoms with Crippen LogP contribution in [0.3, 0.4) is 0 Å². The van der Waals surface area contributed by atoms with Crippen LogP contribution in [0.15, 0.2) is 79.9 Å². The predicted molar refractivity (Wildman–Crippen MR) is 128 cm³/mol. The van der Waals surface area contributed by atoms with Gasteiger partial charge in [-0.05, 0) is 23.3 Å². The van der Waals surface area contributed by atoms with E-state index in [1.165, 1.54) is 0 Å². The molecule has 0 aromatic heterocycles. The first-order chi connectivity index (χ1) is 16.6. The summed E-state index contributed by atoms with van der Waals surface area (Å²) in [5, 5.41) is 21.8. The van der Waals surface area contributed by atoms with E-state index >= 15 is 0 Å². The van der Waals surface area contributed by atoms with Gasteiger partial charge in [0, 0.05) is 0 Å². The molecule has 0 amide bonds. The van der Waals surface area contributed by atoms with Crippen LogP contribution < -0.4 is 4.74 Å². The summed E-state index contributed by atoms with van der Waals surface area (Å²) in [4.78, 5) is 0. The van der Waals surface area contributed by atoms with E-state index in [4.69, 9.17) is 23.7 Å². The predicted octanol–water partition coefficient (Wildman–Crippen LogP) is 3.04. The molecule has 1 aliphatic carbocycles. The van der Waals surface area contributed by atoms with Crippen LogP contribution in [0.4, 0.5) is 0 Å². The van der Waals surface area contributed by atoms with Gasteiger partial charge in [-0.1, -0.05) is 54.6 Å². The topological polar surface area (TPSA) is 86.6 Å². The third kappa shape index (κ3) is 6.76. The molecule has 3 rings (SSSR count). The number of methoxy groups -OCH3 is 1. The normalized spacial score (nSPS) is 26.7. The molecule has 7 heteroatoms. The van der Waals surface area contributed by atoms with Crippen molar-refractivity contribution in [2.45, 2.75) is 49.8 Å². The average Bonchev–Trinajstić information content (AvgIpc) is 2.88. The third-order valence-electron chi connectivity index (χ3n) is 5.69. The van der Waals surface area contributed by atoms with Crippen LogP contribution in [0.2, 0.25) is 0 Å². The third-order valence-corrected chi connectivity index (χ3v) is 5.69. The van der Waals surface area contributed by atoms with Crippen molar-refractivity contribution < 1.29 is 33.9 Å². The molecule has 2 aromatic rings. The number of hydrogen-bond donors (Lipinski definition) is 2. The van der Waals surface area contributed by atoms with E-state index in [1.54, 1.807) is 19.3 Å². The van der Waals surface area contributed by atoms with E-state index in [-0.39, 0.29) is 26.4 Å². The van der Waals surface area contributed by atoms with Crippen molar-refractivity contribution in [2.75, 3.05) is 20.3 Å². The molecule has 0 aliphatic heterocycles. The number of ether oxygens (including phenoxy) is 5. The number of aliphatic hydroxyl groups is 2. The Hall–Kier alpha value is -2.52. The molecular weight excluding hydrogens is 436 g/mol. The number of rotatable bonds is 13. The van der Waals surface area contributed by atoms with E-state index in [0.29, 0.717) is 0 Å². The molecule has 1 fully saturated rings. The first-order valence-electron chi connectivity index (χ1n) is 11.3. The average molecular weight is 471 g/mol. The summed E-state index contributed by atoms with van der Waals surface area (Å²) in [6, 6.07) is 17.2. The summed E-state index contributed by atoms with van der Waals surface area (Å²) in [7, 11) is 1.61. The van der Waals surface area contributed by atoms with Gasteiger partial charge in [-0.2, -0.15) is 0 Å². The van der Waals surface area contributed by atoms with Crippen LogP contribution in [0.5, 0.6) is 5.75 Å². The lowest BCUT2D eigenvalue weighted by atomic mass is 9.84. The standard InChI is InChI=1S/C27H34O7/c1-4-15-31-24-22(28)23(29)25(32-16-5-2)27(26(24)33-17-19-9-7-6-8-10-19)34-18-20-11-13-21(30-3)14-12-20/h4-14,22-29H,1-2,15-18H2,3H3/t22-,23+,24+,25+,26-,27-/m1/s1. The number of benzene rings is 2. The van der Waals surface area contributed by atoms with E-state index in [1.807, 2.05) is 54.6 Å². The van der Waals surface area contributed by atoms with Gasteiger partial charge >= 0.3 is 0 Å². The molecule has 184 valence electrons. The second-order valence-electron chi connectivity index (χ2n) is 8.04. The summed E-state index contributed by atoms with van der Waals surface area (Å²) in [6.07, 6.45) is -2.45. The van der Waals surface area contributed by atoms with Gasteiger partial charge < -0.3 is 33.9 Å². The molecule has 34 heavy (non-hydrogen) atoms. The maximum atomic E-state index is 10.9. The molecule has 1 aliphatic rings. The summed E-state index contributed by atoms with van der Waals surface area (Å²) in [6.45, 7) is 8.25. The van der Waals surface area contributed by atoms with Crippen molar-refractivity contribution in [2.24, 2.45) is 0 Å². The Morgan fingerprint density at radius 1 is 0.676 bits per heavy atom. The smallest absolute Gasteiger partial charge is 0.118 e. The van der Waals surface area contributed by atoms with Crippen LogP contribution in [0, 0.1) is 0 Å². The van der Waals surface area contributed by atoms with Crippen LogP contribution in [-0.4, -0.2) is 67.2 Å². The van der Waals surface area contributed by atoms with Gasteiger partial charge in [-0.15, -0.1) is 13.2 Å². The highest BCUT2D eigenvalue weighted by molar-refractivity contribution is 5.26. The van der Waals surface area contributed by atoms with Crippen molar-refractivity contribution in [1.82, 2.24) is 0 Å². The van der Waals surface area contributed by atoms with Crippen LogP contribution in [0.25, 0.3) is 0 Å². The van der Waals surface area contributed by atoms with Crippen molar-refractivity contribution >= 4 is 0 Å². The summed E-state index contributed by atoms with van der Waals surface area (Å²) < 4.78 is 29.5. The fraction of sp³-hybridized carbons (Fsp3) is 0.407. The van der Waals surface area contributed by atoms with Crippen LogP contribution in [0.1, 0.15) is 11.1 Å². The molecule has 7 nitrogen and oxygen atoms in total. The molecule has 0 unspecified atom stereocenters. The van der Waals surface area contributed by atoms with Gasteiger partial charge in [0.1, 0.15) is 42.4 Å². The molecule has 0 spiro atoms. The highest BCUT2D eigenvalue weighted by Crippen LogP contribution is 2.32. The fourth-order valence-electron chi connectivity index (χ4n) is 3.96. The van der Waals surface area contributed by atoms with Gasteiger partial charge in [0.25, 0.3) is 0 Å². The second-order valence-corrected chi connectivity index (χ2v) is 8.04. The number of aliphatic hydroxyl groups excluding tert-OH is 2. The quantitative estimate of drug-likeness (QED) is 0.435. The van der Waals surface area contributed by atoms with Crippen molar-refractivity contribution in [3.05, 3.63) is 91.0 Å². The van der Waals surface area contributed by atoms with Crippen LogP contribution >= 0.6 is 0 Å².